The van der Waals surface area contributed by atoms with Gasteiger partial charge in [0.25, 0.3) is 0 Å². The maximum Gasteiger partial charge on any atom is 0.193 e. The zero-order valence-electron chi connectivity index (χ0n) is 27.2. The van der Waals surface area contributed by atoms with E-state index in [1.165, 1.54) is 25.0 Å². The van der Waals surface area contributed by atoms with Gasteiger partial charge in [-0.15, -0.1) is 0 Å². The molecule has 1 aromatic heterocycles. The van der Waals surface area contributed by atoms with E-state index in [2.05, 4.69) is 58.2 Å². The lowest BCUT2D eigenvalue weighted by atomic mass is 9.83. The standard InChI is InChI=1S/C40H46FNO2/c1-7-9-12-27(8-2)25-42-36-20-17-29(37(43)21-26(3)24-40(4,5)6)22-33(36)34-23-35(31-13-10-11-14-32(31)38(34)42)39(44)28-15-18-30(41)19-16-28/h10-11,13-20,22-23,26-27H,7-9,12,21,24-25H2,1-6H3. The second kappa shape index (κ2) is 13.1. The zero-order valence-corrected chi connectivity index (χ0v) is 27.2. The molecule has 0 fully saturated rings. The van der Waals surface area contributed by atoms with Crippen LogP contribution in [0.1, 0.15) is 106 Å². The first-order valence-corrected chi connectivity index (χ1v) is 16.3. The molecule has 0 saturated heterocycles. The first kappa shape index (κ1) is 31.6. The summed E-state index contributed by atoms with van der Waals surface area (Å²) in [5, 5.41) is 3.88. The molecule has 5 rings (SSSR count). The van der Waals surface area contributed by atoms with E-state index >= 15 is 0 Å². The van der Waals surface area contributed by atoms with E-state index in [0.717, 1.165) is 63.9 Å². The third-order valence-electron chi connectivity index (χ3n) is 9.02. The predicted octanol–water partition coefficient (Wildman–Crippen LogP) is 11.2. The number of aromatic nitrogens is 1. The number of rotatable bonds is 12. The summed E-state index contributed by atoms with van der Waals surface area (Å²) < 4.78 is 16.2. The fourth-order valence-electron chi connectivity index (χ4n) is 7.00. The molecule has 3 nitrogen and oxygen atoms in total. The van der Waals surface area contributed by atoms with Gasteiger partial charge in [-0.1, -0.05) is 85.1 Å². The fourth-order valence-corrected chi connectivity index (χ4v) is 7.00. The molecule has 0 N–H and O–H groups in total. The Balaban J connectivity index is 1.72. The van der Waals surface area contributed by atoms with E-state index in [-0.39, 0.29) is 28.7 Å². The molecule has 0 aliphatic rings. The molecule has 0 amide bonds. The van der Waals surface area contributed by atoms with Crippen LogP contribution in [0.2, 0.25) is 0 Å². The summed E-state index contributed by atoms with van der Waals surface area (Å²) in [5.41, 5.74) is 4.12. The average Bonchev–Trinajstić information content (AvgIpc) is 3.30. The lowest BCUT2D eigenvalue weighted by molar-refractivity contribution is 0.0953. The third-order valence-corrected chi connectivity index (χ3v) is 9.02. The first-order chi connectivity index (χ1) is 21.0. The van der Waals surface area contributed by atoms with Gasteiger partial charge < -0.3 is 4.57 Å². The molecule has 4 heteroatoms. The van der Waals surface area contributed by atoms with E-state index in [9.17, 15) is 14.0 Å². The highest BCUT2D eigenvalue weighted by Crippen LogP contribution is 2.39. The number of nitrogens with zero attached hydrogens (tertiary/aromatic N) is 1. The van der Waals surface area contributed by atoms with Gasteiger partial charge in [0.2, 0.25) is 0 Å². The molecule has 44 heavy (non-hydrogen) atoms. The number of hydrogen-bond acceptors (Lipinski definition) is 2. The van der Waals surface area contributed by atoms with Gasteiger partial charge >= 0.3 is 0 Å². The maximum absolute atomic E-state index is 13.9. The van der Waals surface area contributed by atoms with Gasteiger partial charge in [0.05, 0.1) is 5.52 Å². The number of Topliss-reactive ketones (excluding diaryl/α,β-unsaturated/α-hetero) is 1. The smallest absolute Gasteiger partial charge is 0.193 e. The molecular formula is C40H46FNO2. The van der Waals surface area contributed by atoms with Crippen LogP contribution in [0.25, 0.3) is 32.6 Å². The van der Waals surface area contributed by atoms with E-state index in [0.29, 0.717) is 23.5 Å². The summed E-state index contributed by atoms with van der Waals surface area (Å²) >= 11 is 0. The van der Waals surface area contributed by atoms with Crippen LogP contribution in [0, 0.1) is 23.1 Å². The summed E-state index contributed by atoms with van der Waals surface area (Å²) in [6.07, 6.45) is 6.10. The molecule has 4 aromatic carbocycles. The highest BCUT2D eigenvalue weighted by Gasteiger charge is 2.23. The van der Waals surface area contributed by atoms with Gasteiger partial charge in [0, 0.05) is 51.3 Å². The van der Waals surface area contributed by atoms with Crippen LogP contribution >= 0.6 is 0 Å². The molecule has 1 heterocycles. The summed E-state index contributed by atoms with van der Waals surface area (Å²) in [6, 6.07) is 22.0. The van der Waals surface area contributed by atoms with Crippen LogP contribution in [-0.2, 0) is 6.54 Å². The van der Waals surface area contributed by atoms with E-state index in [1.54, 1.807) is 12.1 Å². The van der Waals surface area contributed by atoms with Crippen molar-refractivity contribution in [3.8, 4) is 0 Å². The molecule has 0 radical (unpaired) electrons. The van der Waals surface area contributed by atoms with Crippen molar-refractivity contribution in [3.05, 3.63) is 95.3 Å². The normalized spacial score (nSPS) is 13.5. The Bertz CT molecular complexity index is 1810. The fraction of sp³-hybridized carbons (Fsp3) is 0.400. The molecule has 0 aliphatic carbocycles. The lowest BCUT2D eigenvalue weighted by Crippen LogP contribution is -2.14. The molecular weight excluding hydrogens is 545 g/mol. The Labute approximate surface area is 261 Å². The summed E-state index contributed by atoms with van der Waals surface area (Å²) in [5.74, 6) is 0.455. The minimum atomic E-state index is -0.368. The molecule has 0 saturated carbocycles. The molecule has 0 bridgehead atoms. The summed E-state index contributed by atoms with van der Waals surface area (Å²) in [7, 11) is 0. The zero-order chi connectivity index (χ0) is 31.6. The van der Waals surface area contributed by atoms with Crippen LogP contribution < -0.4 is 0 Å². The molecule has 5 aromatic rings. The molecule has 2 unspecified atom stereocenters. The second-order valence-electron chi connectivity index (χ2n) is 14.0. The number of benzene rings is 4. The first-order valence-electron chi connectivity index (χ1n) is 16.3. The van der Waals surface area contributed by atoms with Crippen molar-refractivity contribution in [2.24, 2.45) is 17.3 Å². The SMILES string of the molecule is CCCCC(CC)Cn1c2ccc(C(=O)CC(C)CC(C)(C)C)cc2c2cc(C(=O)c3ccc(F)cc3)c3ccccc3c21. The Kier molecular flexibility index (Phi) is 9.39. The number of ketones is 2. The minimum absolute atomic E-state index is 0.137. The van der Waals surface area contributed by atoms with Gasteiger partial charge in [-0.2, -0.15) is 0 Å². The Hall–Kier alpha value is -3.79. The number of fused-ring (bicyclic) bond motifs is 5. The van der Waals surface area contributed by atoms with Gasteiger partial charge in [-0.25, -0.2) is 4.39 Å². The van der Waals surface area contributed by atoms with Crippen molar-refractivity contribution in [1.82, 2.24) is 4.57 Å². The van der Waals surface area contributed by atoms with E-state index in [4.69, 9.17) is 0 Å². The number of hydrogen-bond donors (Lipinski definition) is 0. The van der Waals surface area contributed by atoms with E-state index < -0.39 is 0 Å². The molecule has 0 aliphatic heterocycles. The average molecular weight is 592 g/mol. The van der Waals surface area contributed by atoms with Crippen molar-refractivity contribution in [3.63, 3.8) is 0 Å². The van der Waals surface area contributed by atoms with Crippen LogP contribution in [0.5, 0.6) is 0 Å². The van der Waals surface area contributed by atoms with Crippen LogP contribution in [-0.4, -0.2) is 16.1 Å². The quantitative estimate of drug-likeness (QED) is 0.135. The monoisotopic (exact) mass is 591 g/mol. The van der Waals surface area contributed by atoms with Crippen LogP contribution in [0.15, 0.2) is 72.8 Å². The predicted molar refractivity (Wildman–Crippen MR) is 182 cm³/mol. The van der Waals surface area contributed by atoms with E-state index in [1.807, 2.05) is 36.4 Å². The van der Waals surface area contributed by atoms with Crippen molar-refractivity contribution in [2.75, 3.05) is 0 Å². The number of carbonyl (C=O) groups is 2. The largest absolute Gasteiger partial charge is 0.340 e. The second-order valence-corrected chi connectivity index (χ2v) is 14.0. The Morgan fingerprint density at radius 2 is 1.52 bits per heavy atom. The number of carbonyl (C=O) groups excluding carboxylic acids is 2. The third kappa shape index (κ3) is 6.65. The molecule has 2 atom stereocenters. The van der Waals surface area contributed by atoms with Crippen molar-refractivity contribution in [1.29, 1.82) is 0 Å². The summed E-state index contributed by atoms with van der Waals surface area (Å²) in [6.45, 7) is 14.2. The maximum atomic E-state index is 13.9. The van der Waals surface area contributed by atoms with Crippen molar-refractivity contribution in [2.45, 2.75) is 86.6 Å². The number of halogens is 1. The topological polar surface area (TPSA) is 39.1 Å². The molecule has 230 valence electrons. The highest BCUT2D eigenvalue weighted by molar-refractivity contribution is 6.26. The highest BCUT2D eigenvalue weighted by atomic mass is 19.1. The van der Waals surface area contributed by atoms with Crippen molar-refractivity contribution >= 4 is 44.1 Å². The summed E-state index contributed by atoms with van der Waals surface area (Å²) in [4.78, 5) is 27.5. The van der Waals surface area contributed by atoms with Gasteiger partial charge in [0.15, 0.2) is 11.6 Å². The lowest BCUT2D eigenvalue weighted by Gasteiger charge is -2.22. The van der Waals surface area contributed by atoms with Gasteiger partial charge in [-0.3, -0.25) is 9.59 Å². The van der Waals surface area contributed by atoms with Gasteiger partial charge in [0.1, 0.15) is 5.82 Å². The van der Waals surface area contributed by atoms with Gasteiger partial charge in [-0.05, 0) is 84.0 Å². The molecule has 0 spiro atoms. The Morgan fingerprint density at radius 1 is 0.841 bits per heavy atom. The van der Waals surface area contributed by atoms with Crippen LogP contribution in [0.3, 0.4) is 0 Å². The minimum Gasteiger partial charge on any atom is -0.340 e. The van der Waals surface area contributed by atoms with Crippen LogP contribution in [0.4, 0.5) is 4.39 Å². The van der Waals surface area contributed by atoms with Crippen molar-refractivity contribution < 1.29 is 14.0 Å². The Morgan fingerprint density at radius 3 is 2.18 bits per heavy atom. The number of unbranched alkanes of at least 4 members (excludes halogenated alkanes) is 1.